The average molecular weight is 362 g/mol. The number of anilines is 1. The second-order valence-electron chi connectivity index (χ2n) is 6.12. The second kappa shape index (κ2) is 7.30. The van der Waals surface area contributed by atoms with Crippen molar-refractivity contribution in [2.75, 3.05) is 11.9 Å². The van der Waals surface area contributed by atoms with Gasteiger partial charge in [-0.15, -0.1) is 11.3 Å². The van der Waals surface area contributed by atoms with Crippen LogP contribution in [0.2, 0.25) is 0 Å². The predicted octanol–water partition coefficient (Wildman–Crippen LogP) is 2.65. The van der Waals surface area contributed by atoms with Crippen molar-refractivity contribution in [3.8, 4) is 6.07 Å². The largest absolute Gasteiger partial charge is 0.333 e. The first-order chi connectivity index (χ1) is 12.0. The first-order valence-corrected chi connectivity index (χ1v) is 8.94. The SMILES string of the molecule is C[C@@H]([NH2+]CC(=O)Nc1sc2c(c1C#N)CCC2)c1ccc(F)c(F)c1. The minimum atomic E-state index is -0.894. The minimum absolute atomic E-state index is 0.133. The monoisotopic (exact) mass is 362 g/mol. The van der Waals surface area contributed by atoms with Crippen molar-refractivity contribution in [3.63, 3.8) is 0 Å². The Bertz CT molecular complexity index is 857. The number of nitrogens with two attached hydrogens (primary N) is 1. The number of fused-ring (bicyclic) bond motifs is 1. The van der Waals surface area contributed by atoms with Crippen molar-refractivity contribution < 1.29 is 18.9 Å². The van der Waals surface area contributed by atoms with E-state index in [2.05, 4.69) is 11.4 Å². The summed E-state index contributed by atoms with van der Waals surface area (Å²) in [5, 5.41) is 14.5. The summed E-state index contributed by atoms with van der Waals surface area (Å²) in [7, 11) is 0. The fourth-order valence-corrected chi connectivity index (χ4v) is 4.26. The molecule has 0 radical (unpaired) electrons. The van der Waals surface area contributed by atoms with Crippen LogP contribution in [0.15, 0.2) is 18.2 Å². The molecular formula is C18H18F2N3OS+. The number of carbonyl (C=O) groups excluding carboxylic acids is 1. The third-order valence-corrected chi connectivity index (χ3v) is 5.62. The molecule has 25 heavy (non-hydrogen) atoms. The molecule has 0 aliphatic heterocycles. The number of benzene rings is 1. The summed E-state index contributed by atoms with van der Waals surface area (Å²) in [6.07, 6.45) is 2.91. The molecule has 4 nitrogen and oxygen atoms in total. The zero-order chi connectivity index (χ0) is 18.0. The summed E-state index contributed by atoms with van der Waals surface area (Å²) in [5.74, 6) is -2.00. The van der Waals surface area contributed by atoms with Crippen LogP contribution in [0.4, 0.5) is 13.8 Å². The highest BCUT2D eigenvalue weighted by atomic mass is 32.1. The van der Waals surface area contributed by atoms with Gasteiger partial charge in [0.05, 0.1) is 5.56 Å². The van der Waals surface area contributed by atoms with Crippen molar-refractivity contribution in [1.82, 2.24) is 0 Å². The number of halogens is 2. The molecule has 3 N–H and O–H groups in total. The van der Waals surface area contributed by atoms with Crippen LogP contribution in [0.25, 0.3) is 0 Å². The maximum Gasteiger partial charge on any atom is 0.280 e. The van der Waals surface area contributed by atoms with Gasteiger partial charge in [-0.05, 0) is 49.9 Å². The van der Waals surface area contributed by atoms with Crippen LogP contribution < -0.4 is 10.6 Å². The molecule has 1 aliphatic rings. The standard InChI is InChI=1S/C18H17F2N3OS/c1-10(11-5-6-14(19)15(20)7-11)22-9-17(24)23-18-13(8-21)12-3-2-4-16(12)25-18/h5-7,10,22H,2-4,9H2,1H3,(H,23,24)/p+1/t10-/m1/s1. The predicted molar refractivity (Wildman–Crippen MR) is 91.3 cm³/mol. The van der Waals surface area contributed by atoms with Crippen LogP contribution in [0.5, 0.6) is 0 Å². The smallest absolute Gasteiger partial charge is 0.280 e. The van der Waals surface area contributed by atoms with E-state index in [1.165, 1.54) is 22.3 Å². The number of nitriles is 1. The van der Waals surface area contributed by atoms with Crippen molar-refractivity contribution in [2.45, 2.75) is 32.2 Å². The molecule has 1 heterocycles. The highest BCUT2D eigenvalue weighted by molar-refractivity contribution is 7.16. The van der Waals surface area contributed by atoms with E-state index in [0.29, 0.717) is 16.1 Å². The third kappa shape index (κ3) is 3.70. The summed E-state index contributed by atoms with van der Waals surface area (Å²) >= 11 is 1.48. The fraction of sp³-hybridized carbons (Fsp3) is 0.333. The van der Waals surface area contributed by atoms with Crippen LogP contribution in [-0.4, -0.2) is 12.5 Å². The lowest BCUT2D eigenvalue weighted by Crippen LogP contribution is -2.86. The molecule has 1 atom stereocenters. The quantitative estimate of drug-likeness (QED) is 0.859. The fourth-order valence-electron chi connectivity index (χ4n) is 3.00. The van der Waals surface area contributed by atoms with Gasteiger partial charge in [-0.2, -0.15) is 5.26 Å². The Morgan fingerprint density at radius 3 is 2.92 bits per heavy atom. The number of rotatable bonds is 5. The molecule has 1 aliphatic carbocycles. The number of quaternary nitrogens is 1. The van der Waals surface area contributed by atoms with Crippen molar-refractivity contribution in [2.24, 2.45) is 0 Å². The molecule has 0 saturated carbocycles. The molecule has 0 fully saturated rings. The molecular weight excluding hydrogens is 344 g/mol. The van der Waals surface area contributed by atoms with E-state index in [0.717, 1.165) is 37.0 Å². The van der Waals surface area contributed by atoms with E-state index < -0.39 is 11.6 Å². The number of carbonyl (C=O) groups is 1. The van der Waals surface area contributed by atoms with Gasteiger partial charge in [0.15, 0.2) is 18.2 Å². The summed E-state index contributed by atoms with van der Waals surface area (Å²) < 4.78 is 26.3. The van der Waals surface area contributed by atoms with E-state index in [-0.39, 0.29) is 18.5 Å². The lowest BCUT2D eigenvalue weighted by Gasteiger charge is -2.11. The number of hydrogen-bond acceptors (Lipinski definition) is 3. The van der Waals surface area contributed by atoms with Gasteiger partial charge in [0, 0.05) is 10.4 Å². The maximum atomic E-state index is 13.3. The van der Waals surface area contributed by atoms with Gasteiger partial charge in [-0.3, -0.25) is 4.79 Å². The second-order valence-corrected chi connectivity index (χ2v) is 7.23. The summed E-state index contributed by atoms with van der Waals surface area (Å²) in [4.78, 5) is 13.4. The molecule has 2 aromatic rings. The number of aryl methyl sites for hydroxylation is 1. The van der Waals surface area contributed by atoms with Gasteiger partial charge in [0.1, 0.15) is 17.1 Å². The van der Waals surface area contributed by atoms with E-state index in [1.807, 2.05) is 6.92 Å². The summed E-state index contributed by atoms with van der Waals surface area (Å²) in [6, 6.07) is 5.74. The number of nitrogens with one attached hydrogen (secondary N) is 1. The van der Waals surface area contributed by atoms with Gasteiger partial charge in [-0.25, -0.2) is 8.78 Å². The van der Waals surface area contributed by atoms with Gasteiger partial charge in [0.2, 0.25) is 0 Å². The van der Waals surface area contributed by atoms with Gasteiger partial charge < -0.3 is 10.6 Å². The van der Waals surface area contributed by atoms with Crippen LogP contribution in [0, 0.1) is 23.0 Å². The molecule has 1 aromatic carbocycles. The minimum Gasteiger partial charge on any atom is -0.333 e. The first-order valence-electron chi connectivity index (χ1n) is 8.12. The maximum absolute atomic E-state index is 13.3. The summed E-state index contributed by atoms with van der Waals surface area (Å²) in [5.41, 5.74) is 2.26. The molecule has 0 bridgehead atoms. The molecule has 0 unspecified atom stereocenters. The van der Waals surface area contributed by atoms with Gasteiger partial charge >= 0.3 is 0 Å². The zero-order valence-electron chi connectivity index (χ0n) is 13.7. The van der Waals surface area contributed by atoms with Gasteiger partial charge in [0.25, 0.3) is 5.91 Å². The molecule has 0 spiro atoms. The Labute approximate surface area is 148 Å². The normalized spacial score (nSPS) is 14.0. The topological polar surface area (TPSA) is 69.5 Å². The van der Waals surface area contributed by atoms with E-state index >= 15 is 0 Å². The first kappa shape index (κ1) is 17.5. The Morgan fingerprint density at radius 1 is 1.40 bits per heavy atom. The molecule has 1 aromatic heterocycles. The molecule has 0 saturated heterocycles. The van der Waals surface area contributed by atoms with E-state index in [9.17, 15) is 18.8 Å². The molecule has 3 rings (SSSR count). The lowest BCUT2D eigenvalue weighted by molar-refractivity contribution is -0.682. The Morgan fingerprint density at radius 2 is 2.20 bits per heavy atom. The Kier molecular flexibility index (Phi) is 5.11. The van der Waals surface area contributed by atoms with Crippen molar-refractivity contribution in [3.05, 3.63) is 51.4 Å². The van der Waals surface area contributed by atoms with Crippen molar-refractivity contribution >= 4 is 22.2 Å². The Hall–Kier alpha value is -2.30. The molecule has 130 valence electrons. The average Bonchev–Trinajstić information content (AvgIpc) is 3.15. The van der Waals surface area contributed by atoms with Crippen LogP contribution in [0.1, 0.15) is 41.0 Å². The number of amides is 1. The highest BCUT2D eigenvalue weighted by Gasteiger charge is 2.23. The third-order valence-electron chi connectivity index (χ3n) is 4.41. The van der Waals surface area contributed by atoms with Crippen LogP contribution >= 0.6 is 11.3 Å². The Balaban J connectivity index is 1.60. The van der Waals surface area contributed by atoms with E-state index in [1.54, 1.807) is 5.32 Å². The van der Waals surface area contributed by atoms with Gasteiger partial charge in [-0.1, -0.05) is 0 Å². The zero-order valence-corrected chi connectivity index (χ0v) is 14.6. The summed E-state index contributed by atoms with van der Waals surface area (Å²) in [6.45, 7) is 1.95. The molecule has 1 amide bonds. The lowest BCUT2D eigenvalue weighted by atomic mass is 10.1. The van der Waals surface area contributed by atoms with Crippen molar-refractivity contribution in [1.29, 1.82) is 5.26 Å². The highest BCUT2D eigenvalue weighted by Crippen LogP contribution is 2.38. The van der Waals surface area contributed by atoms with Crippen LogP contribution in [0.3, 0.4) is 0 Å². The number of nitrogens with zero attached hydrogens (tertiary/aromatic N) is 1. The number of thiophene rings is 1. The number of hydrogen-bond donors (Lipinski definition) is 2. The van der Waals surface area contributed by atoms with Crippen LogP contribution in [-0.2, 0) is 17.6 Å². The van der Waals surface area contributed by atoms with E-state index in [4.69, 9.17) is 0 Å². The molecule has 7 heteroatoms.